The van der Waals surface area contributed by atoms with Crippen LogP contribution in [0.2, 0.25) is 0 Å². The Balaban J connectivity index is 3.36. The molecule has 0 fully saturated rings. The highest BCUT2D eigenvalue weighted by molar-refractivity contribution is 9.10. The van der Waals surface area contributed by atoms with Crippen LogP contribution in [0, 0.1) is 0 Å². The molecule has 0 aliphatic rings. The summed E-state index contributed by atoms with van der Waals surface area (Å²) in [6.45, 7) is 4.47. The number of hydrogen-bond acceptors (Lipinski definition) is 3. The van der Waals surface area contributed by atoms with Gasteiger partial charge in [-0.2, -0.15) is 0 Å². The quantitative estimate of drug-likeness (QED) is 0.304. The molecule has 0 saturated carbocycles. The second kappa shape index (κ2) is 7.31. The van der Waals surface area contributed by atoms with E-state index in [4.69, 9.17) is 4.74 Å². The van der Waals surface area contributed by atoms with Crippen molar-refractivity contribution >= 4 is 21.9 Å². The molecule has 0 heterocycles. The molecular formula is C8H13BrO3. The summed E-state index contributed by atoms with van der Waals surface area (Å²) in [6.07, 6.45) is 2.56. The van der Waals surface area contributed by atoms with Crippen LogP contribution in [-0.2, 0) is 14.3 Å². The molecule has 12 heavy (non-hydrogen) atoms. The Hall–Kier alpha value is -0.350. The first-order chi connectivity index (χ1) is 5.72. The standard InChI is InChI=1S/C8H13BrO3/c1-3-4-5-12-6-7(9)8(10)11-2/h3,7H,1,4-6H2,2H3. The van der Waals surface area contributed by atoms with Crippen molar-refractivity contribution in [3.8, 4) is 0 Å². The average Bonchev–Trinajstić information content (AvgIpc) is 2.10. The Morgan fingerprint density at radius 1 is 1.75 bits per heavy atom. The monoisotopic (exact) mass is 236 g/mol. The molecule has 0 aromatic heterocycles. The number of hydrogen-bond donors (Lipinski definition) is 0. The molecule has 1 atom stereocenters. The summed E-state index contributed by atoms with van der Waals surface area (Å²) >= 11 is 3.13. The van der Waals surface area contributed by atoms with Gasteiger partial charge in [0.05, 0.1) is 20.3 Å². The van der Waals surface area contributed by atoms with Crippen LogP contribution in [0.15, 0.2) is 12.7 Å². The molecule has 3 nitrogen and oxygen atoms in total. The maximum absolute atomic E-state index is 10.8. The van der Waals surface area contributed by atoms with E-state index in [1.54, 1.807) is 6.08 Å². The van der Waals surface area contributed by atoms with Crippen LogP contribution in [0.1, 0.15) is 6.42 Å². The molecule has 0 N–H and O–H groups in total. The van der Waals surface area contributed by atoms with Crippen molar-refractivity contribution in [3.05, 3.63) is 12.7 Å². The first-order valence-electron chi connectivity index (χ1n) is 3.63. The smallest absolute Gasteiger partial charge is 0.321 e. The molecular weight excluding hydrogens is 224 g/mol. The SMILES string of the molecule is C=CCCOCC(Br)C(=O)OC. The number of methoxy groups -OCH3 is 1. The van der Waals surface area contributed by atoms with Crippen molar-refractivity contribution in [1.82, 2.24) is 0 Å². The Morgan fingerprint density at radius 3 is 2.92 bits per heavy atom. The van der Waals surface area contributed by atoms with E-state index >= 15 is 0 Å². The van der Waals surface area contributed by atoms with Gasteiger partial charge in [0.25, 0.3) is 0 Å². The van der Waals surface area contributed by atoms with Gasteiger partial charge in [-0.25, -0.2) is 0 Å². The molecule has 0 aromatic carbocycles. The Morgan fingerprint density at radius 2 is 2.42 bits per heavy atom. The molecule has 0 radical (unpaired) electrons. The third-order valence-corrected chi connectivity index (χ3v) is 1.83. The van der Waals surface area contributed by atoms with E-state index in [1.165, 1.54) is 7.11 Å². The number of alkyl halides is 1. The number of rotatable bonds is 6. The Bertz CT molecular complexity index is 147. The van der Waals surface area contributed by atoms with Gasteiger partial charge in [0.2, 0.25) is 0 Å². The topological polar surface area (TPSA) is 35.5 Å². The minimum absolute atomic E-state index is 0.311. The predicted molar refractivity (Wildman–Crippen MR) is 50.4 cm³/mol. The second-order valence-electron chi connectivity index (χ2n) is 2.14. The summed E-state index contributed by atoms with van der Waals surface area (Å²) in [5, 5.41) is 0. The van der Waals surface area contributed by atoms with Gasteiger partial charge in [0.1, 0.15) is 4.83 Å². The van der Waals surface area contributed by atoms with Gasteiger partial charge in [-0.3, -0.25) is 4.79 Å². The van der Waals surface area contributed by atoms with E-state index in [9.17, 15) is 4.79 Å². The van der Waals surface area contributed by atoms with Gasteiger partial charge in [-0.05, 0) is 6.42 Å². The molecule has 1 unspecified atom stereocenters. The van der Waals surface area contributed by atoms with Crippen LogP contribution >= 0.6 is 15.9 Å². The van der Waals surface area contributed by atoms with Crippen LogP contribution in [-0.4, -0.2) is 31.1 Å². The van der Waals surface area contributed by atoms with Gasteiger partial charge in [0, 0.05) is 0 Å². The van der Waals surface area contributed by atoms with Crippen LogP contribution < -0.4 is 0 Å². The molecule has 0 aliphatic heterocycles. The third-order valence-electron chi connectivity index (χ3n) is 1.19. The number of ether oxygens (including phenoxy) is 2. The molecule has 0 aliphatic carbocycles. The van der Waals surface area contributed by atoms with E-state index in [2.05, 4.69) is 27.2 Å². The Labute approximate surface area is 80.9 Å². The number of halogens is 1. The lowest BCUT2D eigenvalue weighted by molar-refractivity contribution is -0.140. The summed E-state index contributed by atoms with van der Waals surface area (Å²) in [4.78, 5) is 10.4. The molecule has 0 saturated heterocycles. The number of carbonyl (C=O) groups excluding carboxylic acids is 1. The minimum Gasteiger partial charge on any atom is -0.468 e. The lowest BCUT2D eigenvalue weighted by atomic mass is 10.4. The van der Waals surface area contributed by atoms with Crippen molar-refractivity contribution in [2.75, 3.05) is 20.3 Å². The van der Waals surface area contributed by atoms with Crippen molar-refractivity contribution < 1.29 is 14.3 Å². The van der Waals surface area contributed by atoms with Crippen LogP contribution in [0.3, 0.4) is 0 Å². The molecule has 0 bridgehead atoms. The molecule has 0 spiro atoms. The highest BCUT2D eigenvalue weighted by Crippen LogP contribution is 2.02. The first kappa shape index (κ1) is 11.6. The zero-order valence-electron chi connectivity index (χ0n) is 7.09. The number of carbonyl (C=O) groups is 1. The zero-order chi connectivity index (χ0) is 9.40. The largest absolute Gasteiger partial charge is 0.468 e. The van der Waals surface area contributed by atoms with Gasteiger partial charge in [-0.1, -0.05) is 22.0 Å². The summed E-state index contributed by atoms with van der Waals surface area (Å²) in [5.41, 5.74) is 0. The fourth-order valence-electron chi connectivity index (χ4n) is 0.549. The Kier molecular flexibility index (Phi) is 7.09. The second-order valence-corrected chi connectivity index (χ2v) is 3.25. The van der Waals surface area contributed by atoms with Crippen molar-refractivity contribution in [3.63, 3.8) is 0 Å². The lowest BCUT2D eigenvalue weighted by Gasteiger charge is -2.07. The highest BCUT2D eigenvalue weighted by atomic mass is 79.9. The predicted octanol–water partition coefficient (Wildman–Crippen LogP) is 1.52. The maximum Gasteiger partial charge on any atom is 0.321 e. The maximum atomic E-state index is 10.8. The van der Waals surface area contributed by atoms with Gasteiger partial charge in [0.15, 0.2) is 0 Å². The van der Waals surface area contributed by atoms with E-state index in [0.717, 1.165) is 6.42 Å². The molecule has 0 amide bonds. The van der Waals surface area contributed by atoms with Crippen molar-refractivity contribution in [2.45, 2.75) is 11.2 Å². The third kappa shape index (κ3) is 5.32. The van der Waals surface area contributed by atoms with Crippen LogP contribution in [0.25, 0.3) is 0 Å². The normalized spacial score (nSPS) is 12.2. The van der Waals surface area contributed by atoms with Gasteiger partial charge < -0.3 is 9.47 Å². The molecule has 4 heteroatoms. The first-order valence-corrected chi connectivity index (χ1v) is 4.54. The van der Waals surface area contributed by atoms with Gasteiger partial charge >= 0.3 is 5.97 Å². The summed E-state index contributed by atoms with van der Waals surface area (Å²) < 4.78 is 9.62. The average molecular weight is 237 g/mol. The summed E-state index contributed by atoms with van der Waals surface area (Å²) in [5.74, 6) is -0.311. The summed E-state index contributed by atoms with van der Waals surface area (Å²) in [6, 6.07) is 0. The number of esters is 1. The van der Waals surface area contributed by atoms with Crippen molar-refractivity contribution in [1.29, 1.82) is 0 Å². The van der Waals surface area contributed by atoms with E-state index in [0.29, 0.717) is 13.2 Å². The molecule has 0 rings (SSSR count). The lowest BCUT2D eigenvalue weighted by Crippen LogP contribution is -2.21. The molecule has 70 valence electrons. The van der Waals surface area contributed by atoms with E-state index < -0.39 is 0 Å². The fourth-order valence-corrected chi connectivity index (χ4v) is 0.923. The van der Waals surface area contributed by atoms with Crippen molar-refractivity contribution in [2.24, 2.45) is 0 Å². The minimum atomic E-state index is -0.368. The van der Waals surface area contributed by atoms with Gasteiger partial charge in [-0.15, -0.1) is 6.58 Å². The summed E-state index contributed by atoms with van der Waals surface area (Å²) in [7, 11) is 1.35. The zero-order valence-corrected chi connectivity index (χ0v) is 8.67. The van der Waals surface area contributed by atoms with Crippen LogP contribution in [0.5, 0.6) is 0 Å². The molecule has 0 aromatic rings. The highest BCUT2D eigenvalue weighted by Gasteiger charge is 2.14. The van der Waals surface area contributed by atoms with E-state index in [1.807, 2.05) is 0 Å². The fraction of sp³-hybridized carbons (Fsp3) is 0.625. The van der Waals surface area contributed by atoms with Crippen LogP contribution in [0.4, 0.5) is 0 Å². The van der Waals surface area contributed by atoms with E-state index in [-0.39, 0.29) is 10.8 Å².